The van der Waals surface area contributed by atoms with Gasteiger partial charge in [-0.05, 0) is 64.6 Å². The van der Waals surface area contributed by atoms with Crippen molar-refractivity contribution in [2.24, 2.45) is 0 Å². The minimum absolute atomic E-state index is 0.203. The number of carbonyl (C=O) groups is 1. The standard InChI is InChI=1S/C18H20BrNO2S2/c19-15-7-11-24-18(15)14(16-6-3-10-23-16)5-2-9-20-8-1-4-13(20)12-17(21)22/h3,5-7,10-11,13H,1-2,4,8-9,12H2,(H,21,22)/t13-/m0/s1. The molecule has 0 amide bonds. The molecule has 3 heterocycles. The van der Waals surface area contributed by atoms with Crippen LogP contribution in [0.3, 0.4) is 0 Å². The van der Waals surface area contributed by atoms with Crippen LogP contribution in [0.2, 0.25) is 0 Å². The molecule has 1 atom stereocenters. The van der Waals surface area contributed by atoms with E-state index in [1.165, 1.54) is 15.3 Å². The molecule has 1 saturated heterocycles. The molecule has 6 heteroatoms. The van der Waals surface area contributed by atoms with Crippen LogP contribution in [0.1, 0.15) is 35.4 Å². The van der Waals surface area contributed by atoms with Gasteiger partial charge < -0.3 is 5.11 Å². The number of thiophene rings is 2. The molecule has 0 spiro atoms. The first-order chi connectivity index (χ1) is 11.6. The average Bonchev–Trinajstić information content (AvgIpc) is 3.26. The van der Waals surface area contributed by atoms with E-state index in [2.05, 4.69) is 55.9 Å². The third-order valence-corrected chi connectivity index (χ3v) is 7.10. The monoisotopic (exact) mass is 425 g/mol. The highest BCUT2D eigenvalue weighted by Gasteiger charge is 2.25. The fraction of sp³-hybridized carbons (Fsp3) is 0.389. The third-order valence-electron chi connectivity index (χ3n) is 4.32. The lowest BCUT2D eigenvalue weighted by Gasteiger charge is -2.22. The van der Waals surface area contributed by atoms with Crippen LogP contribution in [0.5, 0.6) is 0 Å². The van der Waals surface area contributed by atoms with E-state index in [1.807, 2.05) is 0 Å². The molecule has 0 radical (unpaired) electrons. The predicted molar refractivity (Wildman–Crippen MR) is 105 cm³/mol. The average molecular weight is 426 g/mol. The topological polar surface area (TPSA) is 40.5 Å². The number of halogens is 1. The molecule has 0 saturated carbocycles. The second kappa shape index (κ2) is 8.43. The van der Waals surface area contributed by atoms with E-state index in [-0.39, 0.29) is 12.5 Å². The van der Waals surface area contributed by atoms with Crippen molar-refractivity contribution in [1.29, 1.82) is 0 Å². The molecule has 128 valence electrons. The Morgan fingerprint density at radius 3 is 2.92 bits per heavy atom. The van der Waals surface area contributed by atoms with Crippen molar-refractivity contribution in [2.75, 3.05) is 13.1 Å². The molecule has 0 unspecified atom stereocenters. The number of likely N-dealkylation sites (tertiary alicyclic amines) is 1. The lowest BCUT2D eigenvalue weighted by atomic mass is 10.1. The van der Waals surface area contributed by atoms with Gasteiger partial charge in [-0.25, -0.2) is 0 Å². The first kappa shape index (κ1) is 17.9. The summed E-state index contributed by atoms with van der Waals surface area (Å²) in [4.78, 5) is 15.9. The summed E-state index contributed by atoms with van der Waals surface area (Å²) in [6.45, 7) is 1.94. The van der Waals surface area contributed by atoms with Gasteiger partial charge in [-0.2, -0.15) is 0 Å². The summed E-state index contributed by atoms with van der Waals surface area (Å²) in [5, 5.41) is 13.3. The zero-order valence-electron chi connectivity index (χ0n) is 13.3. The summed E-state index contributed by atoms with van der Waals surface area (Å²) >= 11 is 7.15. The minimum Gasteiger partial charge on any atom is -0.481 e. The largest absolute Gasteiger partial charge is 0.481 e. The van der Waals surface area contributed by atoms with Crippen LogP contribution in [0, 0.1) is 0 Å². The summed E-state index contributed by atoms with van der Waals surface area (Å²) in [7, 11) is 0. The lowest BCUT2D eigenvalue weighted by Crippen LogP contribution is -2.32. The maximum atomic E-state index is 11.0. The van der Waals surface area contributed by atoms with Gasteiger partial charge in [0.05, 0.1) is 6.42 Å². The van der Waals surface area contributed by atoms with E-state index in [9.17, 15) is 4.79 Å². The summed E-state index contributed by atoms with van der Waals surface area (Å²) in [5.41, 5.74) is 1.28. The second-order valence-corrected chi connectivity index (χ2v) is 8.63. The van der Waals surface area contributed by atoms with E-state index >= 15 is 0 Å². The molecule has 0 aromatic carbocycles. The predicted octanol–water partition coefficient (Wildman–Crippen LogP) is 5.33. The highest BCUT2D eigenvalue weighted by molar-refractivity contribution is 9.10. The van der Waals surface area contributed by atoms with Gasteiger partial charge in [-0.1, -0.05) is 12.1 Å². The fourth-order valence-corrected chi connectivity index (χ4v) is 5.70. The Bertz CT molecular complexity index is 708. The highest BCUT2D eigenvalue weighted by Crippen LogP contribution is 2.36. The van der Waals surface area contributed by atoms with Crippen molar-refractivity contribution in [3.8, 4) is 0 Å². The first-order valence-corrected chi connectivity index (χ1v) is 10.6. The van der Waals surface area contributed by atoms with Crippen LogP contribution < -0.4 is 0 Å². The summed E-state index contributed by atoms with van der Waals surface area (Å²) < 4.78 is 1.14. The zero-order valence-corrected chi connectivity index (χ0v) is 16.5. The minimum atomic E-state index is -0.691. The smallest absolute Gasteiger partial charge is 0.304 e. The van der Waals surface area contributed by atoms with E-state index in [0.717, 1.165) is 36.8 Å². The SMILES string of the molecule is O=C(O)C[C@@H]1CCCN1CCC=C(c1cccs1)c1sccc1Br. The van der Waals surface area contributed by atoms with Gasteiger partial charge in [0.1, 0.15) is 0 Å². The van der Waals surface area contributed by atoms with Crippen LogP contribution in [-0.2, 0) is 4.79 Å². The molecule has 1 aliphatic rings. The Morgan fingerprint density at radius 1 is 1.38 bits per heavy atom. The maximum absolute atomic E-state index is 11.0. The number of carboxylic acid groups (broad SMARTS) is 1. The molecule has 0 aliphatic carbocycles. The van der Waals surface area contributed by atoms with Crippen LogP contribution in [-0.4, -0.2) is 35.1 Å². The maximum Gasteiger partial charge on any atom is 0.304 e. The summed E-state index contributed by atoms with van der Waals surface area (Å²) in [5.74, 6) is -0.691. The number of hydrogen-bond acceptors (Lipinski definition) is 4. The molecule has 24 heavy (non-hydrogen) atoms. The molecule has 1 N–H and O–H groups in total. The number of carboxylic acids is 1. The van der Waals surface area contributed by atoms with Crippen LogP contribution in [0.25, 0.3) is 5.57 Å². The second-order valence-electron chi connectivity index (χ2n) is 5.91. The molecule has 2 aromatic rings. The van der Waals surface area contributed by atoms with Crippen LogP contribution in [0.15, 0.2) is 39.5 Å². The van der Waals surface area contributed by atoms with Crippen molar-refractivity contribution in [1.82, 2.24) is 4.90 Å². The molecular formula is C18H20BrNO2S2. The molecule has 3 rings (SSSR count). The van der Waals surface area contributed by atoms with Crippen molar-refractivity contribution in [2.45, 2.75) is 31.7 Å². The Balaban J connectivity index is 1.70. The van der Waals surface area contributed by atoms with Crippen molar-refractivity contribution in [3.63, 3.8) is 0 Å². The van der Waals surface area contributed by atoms with Gasteiger partial charge >= 0.3 is 5.97 Å². The molecule has 2 aromatic heterocycles. The van der Waals surface area contributed by atoms with Gasteiger partial charge in [0, 0.05) is 32.4 Å². The molecule has 1 fully saturated rings. The van der Waals surface area contributed by atoms with E-state index in [0.29, 0.717) is 0 Å². The molecule has 1 aliphatic heterocycles. The third kappa shape index (κ3) is 4.36. The molecular weight excluding hydrogens is 406 g/mol. The highest BCUT2D eigenvalue weighted by atomic mass is 79.9. The summed E-state index contributed by atoms with van der Waals surface area (Å²) in [6, 6.07) is 6.53. The van der Waals surface area contributed by atoms with Crippen molar-refractivity contribution >= 4 is 50.1 Å². The normalized spacial score (nSPS) is 19.0. The van der Waals surface area contributed by atoms with Gasteiger partial charge in [0.15, 0.2) is 0 Å². The van der Waals surface area contributed by atoms with Gasteiger partial charge in [-0.15, -0.1) is 22.7 Å². The Hall–Kier alpha value is -0.950. The van der Waals surface area contributed by atoms with Gasteiger partial charge in [-0.3, -0.25) is 9.69 Å². The molecule has 3 nitrogen and oxygen atoms in total. The Kier molecular flexibility index (Phi) is 6.27. The quantitative estimate of drug-likeness (QED) is 0.650. The lowest BCUT2D eigenvalue weighted by molar-refractivity contribution is -0.138. The summed E-state index contributed by atoms with van der Waals surface area (Å²) in [6.07, 6.45) is 5.62. The fourth-order valence-electron chi connectivity index (χ4n) is 3.22. The first-order valence-electron chi connectivity index (χ1n) is 8.08. The van der Waals surface area contributed by atoms with E-state index in [4.69, 9.17) is 5.11 Å². The van der Waals surface area contributed by atoms with Crippen molar-refractivity contribution < 1.29 is 9.90 Å². The van der Waals surface area contributed by atoms with E-state index < -0.39 is 5.97 Å². The van der Waals surface area contributed by atoms with E-state index in [1.54, 1.807) is 22.7 Å². The number of aliphatic carboxylic acids is 1. The van der Waals surface area contributed by atoms with Crippen molar-refractivity contribution in [3.05, 3.63) is 49.3 Å². The van der Waals surface area contributed by atoms with Crippen LogP contribution >= 0.6 is 38.6 Å². The van der Waals surface area contributed by atoms with Crippen LogP contribution in [0.4, 0.5) is 0 Å². The number of nitrogens with zero attached hydrogens (tertiary/aromatic N) is 1. The zero-order chi connectivity index (χ0) is 16.9. The van der Waals surface area contributed by atoms with Gasteiger partial charge in [0.2, 0.25) is 0 Å². The molecule has 0 bridgehead atoms. The number of rotatable bonds is 7. The van der Waals surface area contributed by atoms with Gasteiger partial charge in [0.25, 0.3) is 0 Å². The Morgan fingerprint density at radius 2 is 2.25 bits per heavy atom. The Labute approximate surface area is 158 Å². The number of hydrogen-bond donors (Lipinski definition) is 1.